The van der Waals surface area contributed by atoms with Gasteiger partial charge in [-0.15, -0.1) is 0 Å². The molecule has 2 amide bonds. The van der Waals surface area contributed by atoms with E-state index >= 15 is 0 Å². The molecule has 0 bridgehead atoms. The third kappa shape index (κ3) is 3.21. The zero-order valence-corrected chi connectivity index (χ0v) is 16.7. The number of carbonyl (C=O) groups excluding carboxylic acids is 3. The first-order valence-electron chi connectivity index (χ1n) is 9.58. The number of hydrogen-bond acceptors (Lipinski definition) is 8. The molecule has 158 valence electrons. The first kappa shape index (κ1) is 20.2. The van der Waals surface area contributed by atoms with Crippen molar-refractivity contribution in [3.8, 4) is 0 Å². The Morgan fingerprint density at radius 2 is 1.81 bits per heavy atom. The van der Waals surface area contributed by atoms with E-state index in [1.165, 1.54) is 29.3 Å². The number of rotatable bonds is 5. The summed E-state index contributed by atoms with van der Waals surface area (Å²) in [6.45, 7) is 3.57. The van der Waals surface area contributed by atoms with Gasteiger partial charge in [0.15, 0.2) is 5.71 Å². The van der Waals surface area contributed by atoms with Crippen LogP contribution >= 0.6 is 0 Å². The number of carbonyl (C=O) groups is 3. The molecule has 10 heteroatoms. The summed E-state index contributed by atoms with van der Waals surface area (Å²) >= 11 is 0. The molecule has 0 N–H and O–H groups in total. The van der Waals surface area contributed by atoms with Crippen molar-refractivity contribution in [3.63, 3.8) is 0 Å². The van der Waals surface area contributed by atoms with Crippen molar-refractivity contribution in [2.75, 3.05) is 16.5 Å². The zero-order valence-electron chi connectivity index (χ0n) is 16.7. The number of ether oxygens (including phenoxy) is 1. The Bertz CT molecular complexity index is 1130. The number of fused-ring (bicyclic) bond motifs is 1. The minimum atomic E-state index is -1.23. The number of hydrogen-bond donors (Lipinski definition) is 0. The van der Waals surface area contributed by atoms with Gasteiger partial charge in [-0.25, -0.2) is 9.69 Å². The monoisotopic (exact) mass is 422 g/mol. The molecule has 1 fully saturated rings. The van der Waals surface area contributed by atoms with E-state index in [2.05, 4.69) is 5.10 Å². The zero-order chi connectivity index (χ0) is 22.3. The van der Waals surface area contributed by atoms with Gasteiger partial charge < -0.3 is 4.74 Å². The molecule has 2 heterocycles. The largest absolute Gasteiger partial charge is 0.461 e. The van der Waals surface area contributed by atoms with E-state index < -0.39 is 34.7 Å². The highest BCUT2D eigenvalue weighted by molar-refractivity contribution is 6.47. The number of para-hydroxylation sites is 2. The molecular formula is C21H18N4O6. The van der Waals surface area contributed by atoms with E-state index in [0.29, 0.717) is 5.69 Å². The lowest BCUT2D eigenvalue weighted by atomic mass is 9.97. The minimum absolute atomic E-state index is 0.0653. The van der Waals surface area contributed by atoms with Crippen LogP contribution in [-0.4, -0.2) is 41.1 Å². The fourth-order valence-electron chi connectivity index (χ4n) is 3.74. The fraction of sp³-hybridized carbons (Fsp3) is 0.238. The predicted octanol–water partition coefficient (Wildman–Crippen LogP) is 2.20. The molecule has 2 aromatic carbocycles. The van der Waals surface area contributed by atoms with E-state index in [9.17, 15) is 24.5 Å². The van der Waals surface area contributed by atoms with Crippen molar-refractivity contribution >= 4 is 40.6 Å². The summed E-state index contributed by atoms with van der Waals surface area (Å²) in [6.07, 6.45) is 0. The first-order valence-corrected chi connectivity index (χ1v) is 9.58. The van der Waals surface area contributed by atoms with Crippen LogP contribution in [0.5, 0.6) is 0 Å². The Balaban J connectivity index is 1.82. The van der Waals surface area contributed by atoms with E-state index in [0.717, 1.165) is 10.5 Å². The number of benzene rings is 2. The maximum Gasteiger partial charge on any atom is 0.355 e. The number of nitro benzene ring substituents is 1. The van der Waals surface area contributed by atoms with Gasteiger partial charge in [0, 0.05) is 6.07 Å². The van der Waals surface area contributed by atoms with E-state index in [-0.39, 0.29) is 23.7 Å². The Morgan fingerprint density at radius 3 is 2.45 bits per heavy atom. The number of nitro groups is 1. The quantitative estimate of drug-likeness (QED) is 0.313. The summed E-state index contributed by atoms with van der Waals surface area (Å²) in [4.78, 5) is 50.7. The van der Waals surface area contributed by atoms with Crippen LogP contribution in [0.2, 0.25) is 0 Å². The maximum atomic E-state index is 13.4. The highest BCUT2D eigenvalue weighted by Gasteiger charge is 2.59. The first-order chi connectivity index (χ1) is 14.8. The number of nitrogens with zero attached hydrogens (tertiary/aromatic N) is 4. The highest BCUT2D eigenvalue weighted by Crippen LogP contribution is 2.40. The Labute approximate surface area is 176 Å². The second-order valence-electron chi connectivity index (χ2n) is 7.07. The Morgan fingerprint density at radius 1 is 1.13 bits per heavy atom. The smallest absolute Gasteiger partial charge is 0.355 e. The lowest BCUT2D eigenvalue weighted by Crippen LogP contribution is -2.39. The molecular weight excluding hydrogens is 404 g/mol. The predicted molar refractivity (Wildman–Crippen MR) is 111 cm³/mol. The lowest BCUT2D eigenvalue weighted by molar-refractivity contribution is -0.384. The third-order valence-electron chi connectivity index (χ3n) is 5.15. The van der Waals surface area contributed by atoms with Crippen LogP contribution in [0.1, 0.15) is 12.5 Å². The normalized spacial score (nSPS) is 20.0. The summed E-state index contributed by atoms with van der Waals surface area (Å²) in [6, 6.07) is 11.4. The van der Waals surface area contributed by atoms with Crippen molar-refractivity contribution in [1.82, 2.24) is 0 Å². The Kier molecular flexibility index (Phi) is 4.97. The molecule has 1 saturated heterocycles. The Hall–Kier alpha value is -4.08. The van der Waals surface area contributed by atoms with Gasteiger partial charge in [0.05, 0.1) is 17.2 Å². The van der Waals surface area contributed by atoms with Crippen LogP contribution in [0.25, 0.3) is 0 Å². The SMILES string of the molecule is CCOC(=O)C1=NN(c2ccc(C)cc2)[C@H]2C(=O)N(c3ccccc3[N+](=O)[O-])C(=O)[C@@H]12. The lowest BCUT2D eigenvalue weighted by Gasteiger charge is -2.22. The van der Waals surface area contributed by atoms with Gasteiger partial charge in [-0.3, -0.25) is 24.7 Å². The molecule has 0 radical (unpaired) electrons. The van der Waals surface area contributed by atoms with Crippen LogP contribution < -0.4 is 9.91 Å². The second kappa shape index (κ2) is 7.63. The molecule has 2 aliphatic rings. The summed E-state index contributed by atoms with van der Waals surface area (Å²) in [7, 11) is 0. The number of imide groups is 1. The molecule has 0 aromatic heterocycles. The standard InChI is InChI=1S/C21H18N4O6/c1-3-31-21(28)17-16-18(24(22-17)13-10-8-12(2)9-11-13)20(27)23(19(16)26)14-6-4-5-7-15(14)25(29)30/h4-11,16,18H,3H2,1-2H3/t16-,18+/m0/s1. The van der Waals surface area contributed by atoms with Crippen LogP contribution in [-0.2, 0) is 19.1 Å². The molecule has 31 heavy (non-hydrogen) atoms. The maximum absolute atomic E-state index is 13.4. The number of amides is 2. The molecule has 2 aromatic rings. The summed E-state index contributed by atoms with van der Waals surface area (Å²) in [5.41, 5.74) is 0.742. The van der Waals surface area contributed by atoms with E-state index in [4.69, 9.17) is 4.74 Å². The van der Waals surface area contributed by atoms with E-state index in [1.54, 1.807) is 19.1 Å². The molecule has 10 nitrogen and oxygen atoms in total. The number of aryl methyl sites for hydroxylation is 1. The number of esters is 1. The number of anilines is 2. The number of hydrazone groups is 1. The van der Waals surface area contributed by atoms with Crippen LogP contribution in [0.3, 0.4) is 0 Å². The summed E-state index contributed by atoms with van der Waals surface area (Å²) < 4.78 is 5.04. The highest BCUT2D eigenvalue weighted by atomic mass is 16.6. The second-order valence-corrected chi connectivity index (χ2v) is 7.07. The van der Waals surface area contributed by atoms with Gasteiger partial charge in [-0.2, -0.15) is 5.10 Å². The molecule has 0 aliphatic carbocycles. The summed E-state index contributed by atoms with van der Waals surface area (Å²) in [5, 5.41) is 17.0. The topological polar surface area (TPSA) is 122 Å². The van der Waals surface area contributed by atoms with Crippen molar-refractivity contribution in [2.24, 2.45) is 11.0 Å². The van der Waals surface area contributed by atoms with Crippen molar-refractivity contribution in [3.05, 3.63) is 64.2 Å². The van der Waals surface area contributed by atoms with Gasteiger partial charge in [-0.05, 0) is 32.0 Å². The minimum Gasteiger partial charge on any atom is -0.461 e. The van der Waals surface area contributed by atoms with E-state index in [1.807, 2.05) is 19.1 Å². The molecule has 4 rings (SSSR count). The molecule has 2 aliphatic heterocycles. The van der Waals surface area contributed by atoms with Gasteiger partial charge in [0.25, 0.3) is 11.6 Å². The van der Waals surface area contributed by atoms with Crippen LogP contribution in [0, 0.1) is 23.0 Å². The molecule has 0 unspecified atom stereocenters. The fourth-order valence-corrected chi connectivity index (χ4v) is 3.74. The van der Waals surface area contributed by atoms with Crippen LogP contribution in [0.15, 0.2) is 53.6 Å². The molecule has 0 saturated carbocycles. The van der Waals surface area contributed by atoms with Crippen molar-refractivity contribution in [2.45, 2.75) is 19.9 Å². The third-order valence-corrected chi connectivity index (χ3v) is 5.15. The summed E-state index contributed by atoms with van der Waals surface area (Å²) in [5.74, 6) is -3.50. The molecule has 0 spiro atoms. The van der Waals surface area contributed by atoms with Crippen molar-refractivity contribution in [1.29, 1.82) is 0 Å². The average Bonchev–Trinajstić information content (AvgIpc) is 3.26. The van der Waals surface area contributed by atoms with Crippen molar-refractivity contribution < 1.29 is 24.0 Å². The van der Waals surface area contributed by atoms with Gasteiger partial charge >= 0.3 is 5.97 Å². The van der Waals surface area contributed by atoms with Gasteiger partial charge in [0.2, 0.25) is 5.91 Å². The average molecular weight is 422 g/mol. The van der Waals surface area contributed by atoms with Gasteiger partial charge in [-0.1, -0.05) is 29.8 Å². The van der Waals surface area contributed by atoms with Gasteiger partial charge in [0.1, 0.15) is 17.6 Å². The molecule has 2 atom stereocenters. The van der Waals surface area contributed by atoms with Crippen LogP contribution in [0.4, 0.5) is 17.1 Å².